The van der Waals surface area contributed by atoms with Crippen LogP contribution in [0.15, 0.2) is 47.4 Å². The molecule has 2 atom stereocenters. The Morgan fingerprint density at radius 2 is 1.86 bits per heavy atom. The molecule has 0 unspecified atom stereocenters. The Balaban J connectivity index is 1.42. The fourth-order valence-corrected chi connectivity index (χ4v) is 5.46. The highest BCUT2D eigenvalue weighted by Gasteiger charge is 2.43. The Morgan fingerprint density at radius 1 is 1.14 bits per heavy atom. The minimum absolute atomic E-state index is 0.0219. The first-order valence-electron chi connectivity index (χ1n) is 12.3. The number of imidazole rings is 1. The second-order valence-corrected chi connectivity index (χ2v) is 11.5. The van der Waals surface area contributed by atoms with Crippen molar-refractivity contribution >= 4 is 26.8 Å². The highest BCUT2D eigenvalue weighted by molar-refractivity contribution is 7.91. The van der Waals surface area contributed by atoms with Crippen LogP contribution >= 0.6 is 0 Å². The van der Waals surface area contributed by atoms with E-state index in [9.17, 15) is 26.4 Å². The summed E-state index contributed by atoms with van der Waals surface area (Å²) >= 11 is 0. The van der Waals surface area contributed by atoms with Gasteiger partial charge in [0, 0.05) is 25.1 Å². The molecule has 7 nitrogen and oxygen atoms in total. The number of aromatic nitrogens is 2. The maximum absolute atomic E-state index is 12.9. The molecule has 4 rings (SSSR count). The number of hydrogen-bond donors (Lipinski definition) is 1. The van der Waals surface area contributed by atoms with Gasteiger partial charge in [-0.2, -0.15) is 13.2 Å². The number of rotatable bonds is 8. The highest BCUT2D eigenvalue weighted by atomic mass is 32.2. The molecule has 1 saturated heterocycles. The van der Waals surface area contributed by atoms with Crippen molar-refractivity contribution in [3.63, 3.8) is 0 Å². The van der Waals surface area contributed by atoms with E-state index in [4.69, 9.17) is 9.72 Å². The Kier molecular flexibility index (Phi) is 7.94. The lowest BCUT2D eigenvalue weighted by Gasteiger charge is -2.30. The third-order valence-electron chi connectivity index (χ3n) is 6.73. The summed E-state index contributed by atoms with van der Waals surface area (Å²) in [6.07, 6.45) is -5.18. The summed E-state index contributed by atoms with van der Waals surface area (Å²) in [6.45, 7) is 4.47. The monoisotopic (exact) mass is 537 g/mol. The smallest absolute Gasteiger partial charge is 0.368 e. The van der Waals surface area contributed by atoms with Crippen LogP contribution in [0.2, 0.25) is 0 Å². The van der Waals surface area contributed by atoms with E-state index in [1.165, 1.54) is 12.1 Å². The van der Waals surface area contributed by atoms with Gasteiger partial charge in [-0.15, -0.1) is 0 Å². The van der Waals surface area contributed by atoms with Crippen LogP contribution in [0.1, 0.15) is 48.4 Å². The van der Waals surface area contributed by atoms with E-state index in [-0.39, 0.29) is 42.0 Å². The summed E-state index contributed by atoms with van der Waals surface area (Å²) in [6, 6.07) is 11.7. The van der Waals surface area contributed by atoms with Gasteiger partial charge >= 0.3 is 6.18 Å². The van der Waals surface area contributed by atoms with Crippen LogP contribution < -0.4 is 5.32 Å². The van der Waals surface area contributed by atoms with Gasteiger partial charge in [-0.1, -0.05) is 19.1 Å². The van der Waals surface area contributed by atoms with E-state index in [0.29, 0.717) is 30.5 Å². The van der Waals surface area contributed by atoms with Crippen molar-refractivity contribution in [2.75, 3.05) is 12.4 Å². The van der Waals surface area contributed by atoms with Gasteiger partial charge in [0.1, 0.15) is 5.82 Å². The number of carbonyl (C=O) groups is 1. The third-order valence-corrected chi connectivity index (χ3v) is 8.48. The first-order chi connectivity index (χ1) is 17.5. The second kappa shape index (κ2) is 10.8. The van der Waals surface area contributed by atoms with E-state index in [1.807, 2.05) is 17.6 Å². The number of nitrogens with zero attached hydrogens (tertiary/aromatic N) is 2. The molecule has 37 heavy (non-hydrogen) atoms. The number of amides is 1. The van der Waals surface area contributed by atoms with Crippen molar-refractivity contribution in [3.8, 4) is 0 Å². The SMILES string of the molecule is CCn1c(C[C@@H]2CC[C@@H](C(F)(F)F)OC2)nc2cc(C(=O)NCc3ccc(S(=O)(=O)CC)cc3)ccc21. The van der Waals surface area contributed by atoms with E-state index >= 15 is 0 Å². The number of halogens is 3. The first-order valence-corrected chi connectivity index (χ1v) is 13.9. The number of aryl methyl sites for hydroxylation is 1. The Morgan fingerprint density at radius 3 is 2.46 bits per heavy atom. The molecule has 200 valence electrons. The maximum atomic E-state index is 12.9. The lowest BCUT2D eigenvalue weighted by atomic mass is 9.95. The van der Waals surface area contributed by atoms with Crippen LogP contribution in [0.3, 0.4) is 0 Å². The van der Waals surface area contributed by atoms with Gasteiger partial charge in [-0.25, -0.2) is 13.4 Å². The Hall–Kier alpha value is -2.92. The van der Waals surface area contributed by atoms with Crippen molar-refractivity contribution in [3.05, 3.63) is 59.4 Å². The summed E-state index contributed by atoms with van der Waals surface area (Å²) in [4.78, 5) is 17.7. The summed E-state index contributed by atoms with van der Waals surface area (Å²) in [5.74, 6) is 0.436. The quantitative estimate of drug-likeness (QED) is 0.451. The van der Waals surface area contributed by atoms with Crippen molar-refractivity contribution in [1.29, 1.82) is 0 Å². The molecule has 3 aromatic rings. The van der Waals surface area contributed by atoms with E-state index in [0.717, 1.165) is 16.9 Å². The van der Waals surface area contributed by atoms with Gasteiger partial charge < -0.3 is 14.6 Å². The van der Waals surface area contributed by atoms with Gasteiger partial charge in [-0.05, 0) is 61.6 Å². The average molecular weight is 538 g/mol. The molecule has 1 fully saturated rings. The zero-order chi connectivity index (χ0) is 26.8. The van der Waals surface area contributed by atoms with Crippen molar-refractivity contribution in [2.24, 2.45) is 5.92 Å². The molecule has 0 spiro atoms. The topological polar surface area (TPSA) is 90.3 Å². The number of fused-ring (bicyclic) bond motifs is 1. The molecule has 0 saturated carbocycles. The van der Waals surface area contributed by atoms with Crippen LogP contribution in [0, 0.1) is 5.92 Å². The molecule has 2 aromatic carbocycles. The normalized spacial score (nSPS) is 18.7. The molecule has 1 aliphatic rings. The average Bonchev–Trinajstić information content (AvgIpc) is 3.23. The lowest BCUT2D eigenvalue weighted by Crippen LogP contribution is -2.38. The molecule has 11 heteroatoms. The Bertz CT molecular complexity index is 1360. The molecular weight excluding hydrogens is 507 g/mol. The predicted octanol–water partition coefficient (Wildman–Crippen LogP) is 4.68. The predicted molar refractivity (Wildman–Crippen MR) is 133 cm³/mol. The van der Waals surface area contributed by atoms with Gasteiger partial charge in [0.2, 0.25) is 0 Å². The van der Waals surface area contributed by atoms with Crippen LogP contribution in [-0.4, -0.2) is 48.5 Å². The molecule has 1 N–H and O–H groups in total. The molecule has 1 aromatic heterocycles. The van der Waals surface area contributed by atoms with E-state index in [1.54, 1.807) is 31.2 Å². The summed E-state index contributed by atoms with van der Waals surface area (Å²) in [7, 11) is -3.28. The van der Waals surface area contributed by atoms with Crippen LogP contribution in [0.4, 0.5) is 13.2 Å². The zero-order valence-electron chi connectivity index (χ0n) is 20.7. The molecular formula is C26H30F3N3O4S. The largest absolute Gasteiger partial charge is 0.414 e. The fraction of sp³-hybridized carbons (Fsp3) is 0.462. The van der Waals surface area contributed by atoms with Crippen molar-refractivity contribution in [1.82, 2.24) is 14.9 Å². The molecule has 2 heterocycles. The number of nitrogens with one attached hydrogen (secondary N) is 1. The number of alkyl halides is 3. The fourth-order valence-electron chi connectivity index (χ4n) is 4.58. The minimum Gasteiger partial charge on any atom is -0.368 e. The summed E-state index contributed by atoms with van der Waals surface area (Å²) in [5.41, 5.74) is 2.69. The molecule has 1 aliphatic heterocycles. The van der Waals surface area contributed by atoms with Crippen LogP contribution in [0.5, 0.6) is 0 Å². The van der Waals surface area contributed by atoms with Crippen LogP contribution in [-0.2, 0) is 34.1 Å². The zero-order valence-corrected chi connectivity index (χ0v) is 21.5. The number of hydrogen-bond acceptors (Lipinski definition) is 5. The second-order valence-electron chi connectivity index (χ2n) is 9.22. The van der Waals surface area contributed by atoms with Gasteiger partial charge in [0.25, 0.3) is 5.91 Å². The summed E-state index contributed by atoms with van der Waals surface area (Å²) in [5, 5.41) is 2.84. The highest BCUT2D eigenvalue weighted by Crippen LogP contribution is 2.33. The molecule has 0 radical (unpaired) electrons. The van der Waals surface area contributed by atoms with Gasteiger partial charge in [-0.3, -0.25) is 4.79 Å². The lowest BCUT2D eigenvalue weighted by molar-refractivity contribution is -0.235. The van der Waals surface area contributed by atoms with Crippen molar-refractivity contribution in [2.45, 2.75) is 63.4 Å². The molecule has 0 aliphatic carbocycles. The number of sulfone groups is 1. The van der Waals surface area contributed by atoms with E-state index in [2.05, 4.69) is 5.32 Å². The number of carbonyl (C=O) groups excluding carboxylic acids is 1. The van der Waals surface area contributed by atoms with Crippen molar-refractivity contribution < 1.29 is 31.1 Å². The van der Waals surface area contributed by atoms with Gasteiger partial charge in [0.15, 0.2) is 15.9 Å². The van der Waals surface area contributed by atoms with Gasteiger partial charge in [0.05, 0.1) is 28.3 Å². The third kappa shape index (κ3) is 6.15. The minimum atomic E-state index is -4.34. The van der Waals surface area contributed by atoms with E-state index < -0.39 is 22.1 Å². The summed E-state index contributed by atoms with van der Waals surface area (Å²) < 4.78 is 69.6. The maximum Gasteiger partial charge on any atom is 0.414 e. The number of ether oxygens (including phenoxy) is 1. The standard InChI is InChI=1S/C26H30F3N3O4S/c1-3-32-22-11-8-19(25(33)30-15-17-5-9-20(10-6-17)37(34,35)4-2)14-21(22)31-24(32)13-18-7-12-23(36-16-18)26(27,28)29/h5-6,8-11,14,18,23H,3-4,7,12-13,15-16H2,1-2H3,(H,30,33)/t18-,23-/m0/s1. The molecule has 0 bridgehead atoms. The first kappa shape index (κ1) is 27.1. The Labute approximate surface area is 213 Å². The molecule has 1 amide bonds. The van der Waals surface area contributed by atoms with Crippen LogP contribution in [0.25, 0.3) is 11.0 Å². The number of benzene rings is 2.